The fraction of sp³-hybridized carbons (Fsp3) is 0.278. The lowest BCUT2D eigenvalue weighted by Crippen LogP contribution is -2.27. The molecule has 6 heteroatoms. The van der Waals surface area contributed by atoms with Crippen LogP contribution in [0.25, 0.3) is 0 Å². The van der Waals surface area contributed by atoms with E-state index in [9.17, 15) is 9.59 Å². The summed E-state index contributed by atoms with van der Waals surface area (Å²) in [5.41, 5.74) is 1.81. The quantitative estimate of drug-likeness (QED) is 0.886. The van der Waals surface area contributed by atoms with Crippen LogP contribution < -0.4 is 10.6 Å². The molecule has 0 saturated heterocycles. The van der Waals surface area contributed by atoms with Gasteiger partial charge < -0.3 is 15.2 Å². The third kappa shape index (κ3) is 4.23. The maximum absolute atomic E-state index is 12.3. The molecule has 0 saturated carbocycles. The van der Waals surface area contributed by atoms with Gasteiger partial charge in [0.15, 0.2) is 0 Å². The number of benzene rings is 1. The normalized spacial score (nSPS) is 10.3. The number of nitriles is 1. The van der Waals surface area contributed by atoms with E-state index in [0.717, 1.165) is 0 Å². The van der Waals surface area contributed by atoms with E-state index in [1.165, 1.54) is 6.07 Å². The van der Waals surface area contributed by atoms with Gasteiger partial charge in [-0.15, -0.1) is 0 Å². The highest BCUT2D eigenvalue weighted by Crippen LogP contribution is 2.14. The highest BCUT2D eigenvalue weighted by atomic mass is 16.2. The van der Waals surface area contributed by atoms with Crippen LogP contribution in [-0.4, -0.2) is 22.9 Å². The summed E-state index contributed by atoms with van der Waals surface area (Å²) in [7, 11) is 1.70. The molecule has 0 bridgehead atoms. The van der Waals surface area contributed by atoms with Crippen molar-refractivity contribution in [3.63, 3.8) is 0 Å². The first-order valence-corrected chi connectivity index (χ1v) is 7.66. The largest absolute Gasteiger partial charge is 0.352 e. The van der Waals surface area contributed by atoms with E-state index >= 15 is 0 Å². The third-order valence-electron chi connectivity index (χ3n) is 3.42. The zero-order valence-corrected chi connectivity index (χ0v) is 14.0. The Morgan fingerprint density at radius 2 is 2.00 bits per heavy atom. The van der Waals surface area contributed by atoms with Crippen molar-refractivity contribution in [1.82, 2.24) is 9.88 Å². The van der Waals surface area contributed by atoms with Gasteiger partial charge in [0.1, 0.15) is 11.8 Å². The van der Waals surface area contributed by atoms with Gasteiger partial charge in [-0.05, 0) is 30.2 Å². The smallest absolute Gasteiger partial charge is 0.272 e. The van der Waals surface area contributed by atoms with Crippen LogP contribution in [0.5, 0.6) is 0 Å². The maximum atomic E-state index is 12.3. The van der Waals surface area contributed by atoms with Crippen molar-refractivity contribution in [2.24, 2.45) is 13.0 Å². The first-order valence-electron chi connectivity index (χ1n) is 7.66. The van der Waals surface area contributed by atoms with Gasteiger partial charge >= 0.3 is 0 Å². The molecule has 0 atom stereocenters. The first kappa shape index (κ1) is 17.3. The van der Waals surface area contributed by atoms with Crippen LogP contribution in [0.1, 0.15) is 40.3 Å². The molecule has 1 aromatic carbocycles. The van der Waals surface area contributed by atoms with E-state index in [-0.39, 0.29) is 11.8 Å². The number of hydrogen-bond acceptors (Lipinski definition) is 3. The summed E-state index contributed by atoms with van der Waals surface area (Å²) in [6.45, 7) is 4.63. The minimum atomic E-state index is -0.335. The number of aryl methyl sites for hydroxylation is 1. The molecular formula is C18H20N4O2. The monoisotopic (exact) mass is 324 g/mol. The molecule has 6 nitrogen and oxygen atoms in total. The highest BCUT2D eigenvalue weighted by molar-refractivity contribution is 6.04. The van der Waals surface area contributed by atoms with Gasteiger partial charge in [0.2, 0.25) is 0 Å². The number of anilines is 1. The molecular weight excluding hydrogens is 304 g/mol. The lowest BCUT2D eigenvalue weighted by Gasteiger charge is -2.10. The minimum absolute atomic E-state index is 0.176. The van der Waals surface area contributed by atoms with E-state index in [0.29, 0.717) is 35.0 Å². The van der Waals surface area contributed by atoms with Crippen molar-refractivity contribution in [2.75, 3.05) is 11.9 Å². The lowest BCUT2D eigenvalue weighted by atomic mass is 10.1. The second-order valence-electron chi connectivity index (χ2n) is 5.98. The maximum Gasteiger partial charge on any atom is 0.272 e. The van der Waals surface area contributed by atoms with Crippen LogP contribution in [0.2, 0.25) is 0 Å². The van der Waals surface area contributed by atoms with Gasteiger partial charge in [0.05, 0.1) is 5.56 Å². The third-order valence-corrected chi connectivity index (χ3v) is 3.42. The van der Waals surface area contributed by atoms with E-state index in [1.807, 2.05) is 19.9 Å². The average molecular weight is 324 g/mol. The van der Waals surface area contributed by atoms with Crippen LogP contribution in [0, 0.1) is 17.2 Å². The number of nitrogens with one attached hydrogen (secondary N) is 2. The summed E-state index contributed by atoms with van der Waals surface area (Å²) < 4.78 is 1.59. The second kappa shape index (κ2) is 7.47. The number of hydrogen-bond donors (Lipinski definition) is 2. The SMILES string of the molecule is CC(C)CNC(=O)c1cccc(NC(=O)c2cc(C#N)cn2C)c1. The van der Waals surface area contributed by atoms with Gasteiger partial charge in [-0.2, -0.15) is 5.26 Å². The van der Waals surface area contributed by atoms with Gasteiger partial charge in [0, 0.05) is 31.0 Å². The molecule has 0 radical (unpaired) electrons. The predicted molar refractivity (Wildman–Crippen MR) is 91.7 cm³/mol. The molecule has 2 amide bonds. The van der Waals surface area contributed by atoms with Gasteiger partial charge in [-0.3, -0.25) is 9.59 Å². The summed E-state index contributed by atoms with van der Waals surface area (Å²) in [6, 6.07) is 10.3. The van der Waals surface area contributed by atoms with Crippen LogP contribution in [0.3, 0.4) is 0 Å². The van der Waals surface area contributed by atoms with Crippen LogP contribution >= 0.6 is 0 Å². The molecule has 0 aliphatic rings. The number of carbonyl (C=O) groups excluding carboxylic acids is 2. The zero-order chi connectivity index (χ0) is 17.7. The molecule has 2 N–H and O–H groups in total. The van der Waals surface area contributed by atoms with Gasteiger partial charge in [-0.25, -0.2) is 0 Å². The summed E-state index contributed by atoms with van der Waals surface area (Å²) in [5, 5.41) is 14.5. The topological polar surface area (TPSA) is 86.9 Å². The van der Waals surface area contributed by atoms with E-state index in [2.05, 4.69) is 10.6 Å². The fourth-order valence-corrected chi connectivity index (χ4v) is 2.18. The number of rotatable bonds is 5. The van der Waals surface area contributed by atoms with Crippen molar-refractivity contribution < 1.29 is 9.59 Å². The van der Waals surface area contributed by atoms with Gasteiger partial charge in [-0.1, -0.05) is 19.9 Å². The Bertz CT molecular complexity index is 800. The molecule has 1 aromatic heterocycles. The molecule has 0 fully saturated rings. The molecule has 0 unspecified atom stereocenters. The molecule has 0 spiro atoms. The van der Waals surface area contributed by atoms with Crippen LogP contribution in [0.15, 0.2) is 36.5 Å². The summed E-state index contributed by atoms with van der Waals surface area (Å²) in [6.07, 6.45) is 1.59. The molecule has 2 aromatic rings. The zero-order valence-electron chi connectivity index (χ0n) is 14.0. The van der Waals surface area contributed by atoms with E-state index in [4.69, 9.17) is 5.26 Å². The van der Waals surface area contributed by atoms with E-state index < -0.39 is 0 Å². The number of aromatic nitrogens is 1. The van der Waals surface area contributed by atoms with E-state index in [1.54, 1.807) is 42.1 Å². The Balaban J connectivity index is 2.11. The summed E-state index contributed by atoms with van der Waals surface area (Å²) >= 11 is 0. The average Bonchev–Trinajstić information content (AvgIpc) is 2.94. The fourth-order valence-electron chi connectivity index (χ4n) is 2.18. The molecule has 0 aliphatic heterocycles. The molecule has 24 heavy (non-hydrogen) atoms. The van der Waals surface area contributed by atoms with Crippen molar-refractivity contribution >= 4 is 17.5 Å². The van der Waals surface area contributed by atoms with Gasteiger partial charge in [0.25, 0.3) is 11.8 Å². The molecule has 2 rings (SSSR count). The van der Waals surface area contributed by atoms with Crippen LogP contribution in [0.4, 0.5) is 5.69 Å². The Kier molecular flexibility index (Phi) is 5.38. The van der Waals surface area contributed by atoms with Crippen molar-refractivity contribution in [3.8, 4) is 6.07 Å². The highest BCUT2D eigenvalue weighted by Gasteiger charge is 2.13. The molecule has 1 heterocycles. The molecule has 124 valence electrons. The summed E-state index contributed by atoms with van der Waals surface area (Å²) in [4.78, 5) is 24.4. The number of carbonyl (C=O) groups is 2. The van der Waals surface area contributed by atoms with Crippen molar-refractivity contribution in [3.05, 3.63) is 53.3 Å². The second-order valence-corrected chi connectivity index (χ2v) is 5.98. The lowest BCUT2D eigenvalue weighted by molar-refractivity contribution is 0.0947. The first-order chi connectivity index (χ1) is 11.4. The Morgan fingerprint density at radius 3 is 2.62 bits per heavy atom. The Hall–Kier alpha value is -3.07. The Morgan fingerprint density at radius 1 is 1.25 bits per heavy atom. The summed E-state index contributed by atoms with van der Waals surface area (Å²) in [5.74, 6) is -0.146. The van der Waals surface area contributed by atoms with Crippen molar-refractivity contribution in [2.45, 2.75) is 13.8 Å². The standard InChI is InChI=1S/C18H20N4O2/c1-12(2)10-20-17(23)14-5-4-6-15(8-14)21-18(24)16-7-13(9-19)11-22(16)3/h4-8,11-12H,10H2,1-3H3,(H,20,23)(H,21,24). The number of nitrogens with zero attached hydrogens (tertiary/aromatic N) is 2. The number of amides is 2. The molecule has 0 aliphatic carbocycles. The predicted octanol–water partition coefficient (Wildman–Crippen LogP) is 2.53. The Labute approximate surface area is 141 Å². The minimum Gasteiger partial charge on any atom is -0.352 e. The van der Waals surface area contributed by atoms with Crippen molar-refractivity contribution in [1.29, 1.82) is 5.26 Å². The van der Waals surface area contributed by atoms with Crippen LogP contribution in [-0.2, 0) is 7.05 Å².